The molecule has 1 aromatic carbocycles. The minimum Gasteiger partial charge on any atom is -0.494 e. The summed E-state index contributed by atoms with van der Waals surface area (Å²) in [6.45, 7) is 0.556. The van der Waals surface area contributed by atoms with Gasteiger partial charge in [-0.25, -0.2) is 4.98 Å². The standard InChI is InChI=1S/C22H31N5O2/c1-27(2)20-14-15-23-22(26-20)25-18-12-10-17(11-13-18)24-21(28)9-6-16-29-19-7-4-3-5-8-19/h3-5,7-8,14-15,17-18H,6,9-13,16H2,1-2H3,(H,24,28)(H,23,25,26). The first-order valence-electron chi connectivity index (χ1n) is 10.3. The highest BCUT2D eigenvalue weighted by atomic mass is 16.5. The molecule has 2 N–H and O–H groups in total. The number of benzene rings is 1. The number of amides is 1. The fourth-order valence-corrected chi connectivity index (χ4v) is 3.47. The molecule has 1 aromatic heterocycles. The summed E-state index contributed by atoms with van der Waals surface area (Å²) in [5.74, 6) is 2.51. The third-order valence-corrected chi connectivity index (χ3v) is 5.08. The van der Waals surface area contributed by atoms with E-state index in [1.807, 2.05) is 55.4 Å². The van der Waals surface area contributed by atoms with Crippen LogP contribution < -0.4 is 20.3 Å². The summed E-state index contributed by atoms with van der Waals surface area (Å²) in [5.41, 5.74) is 0. The number of para-hydroxylation sites is 1. The van der Waals surface area contributed by atoms with Gasteiger partial charge < -0.3 is 20.3 Å². The van der Waals surface area contributed by atoms with Crippen LogP contribution in [0.1, 0.15) is 38.5 Å². The number of hydrogen-bond acceptors (Lipinski definition) is 6. The van der Waals surface area contributed by atoms with Crippen molar-refractivity contribution in [2.45, 2.75) is 50.6 Å². The second-order valence-corrected chi connectivity index (χ2v) is 7.66. The summed E-state index contributed by atoms with van der Waals surface area (Å²) in [7, 11) is 3.93. The minimum absolute atomic E-state index is 0.111. The number of ether oxygens (including phenoxy) is 1. The van der Waals surface area contributed by atoms with Gasteiger partial charge in [-0.1, -0.05) is 18.2 Å². The average Bonchev–Trinajstić information content (AvgIpc) is 2.74. The number of carbonyl (C=O) groups excluding carboxylic acids is 1. The molecule has 1 aliphatic rings. The zero-order chi connectivity index (χ0) is 20.5. The topological polar surface area (TPSA) is 79.4 Å². The maximum atomic E-state index is 12.2. The van der Waals surface area contributed by atoms with Crippen LogP contribution in [0, 0.1) is 0 Å². The largest absolute Gasteiger partial charge is 0.494 e. The molecule has 3 rings (SSSR count). The quantitative estimate of drug-likeness (QED) is 0.633. The summed E-state index contributed by atoms with van der Waals surface area (Å²) in [5, 5.41) is 6.60. The Balaban J connectivity index is 1.32. The number of rotatable bonds is 9. The number of nitrogens with zero attached hydrogens (tertiary/aromatic N) is 3. The highest BCUT2D eigenvalue weighted by Gasteiger charge is 2.22. The van der Waals surface area contributed by atoms with Gasteiger partial charge in [-0.2, -0.15) is 4.98 Å². The molecule has 0 radical (unpaired) electrons. The van der Waals surface area contributed by atoms with E-state index >= 15 is 0 Å². The lowest BCUT2D eigenvalue weighted by Crippen LogP contribution is -2.40. The first-order chi connectivity index (χ1) is 14.1. The van der Waals surface area contributed by atoms with Crippen LogP contribution >= 0.6 is 0 Å². The van der Waals surface area contributed by atoms with E-state index in [-0.39, 0.29) is 11.9 Å². The molecule has 156 valence electrons. The molecule has 0 unspecified atom stereocenters. The van der Waals surface area contributed by atoms with E-state index in [1.165, 1.54) is 0 Å². The molecular formula is C22H31N5O2. The number of nitrogens with one attached hydrogen (secondary N) is 2. The van der Waals surface area contributed by atoms with Crippen molar-refractivity contribution in [2.24, 2.45) is 0 Å². The molecule has 1 fully saturated rings. The van der Waals surface area contributed by atoms with Crippen molar-refractivity contribution in [2.75, 3.05) is 30.9 Å². The molecule has 7 nitrogen and oxygen atoms in total. The van der Waals surface area contributed by atoms with E-state index in [0.29, 0.717) is 25.0 Å². The highest BCUT2D eigenvalue weighted by Crippen LogP contribution is 2.22. The van der Waals surface area contributed by atoms with E-state index < -0.39 is 0 Å². The molecule has 29 heavy (non-hydrogen) atoms. The van der Waals surface area contributed by atoms with E-state index in [1.54, 1.807) is 6.20 Å². The smallest absolute Gasteiger partial charge is 0.224 e. The molecule has 0 atom stereocenters. The van der Waals surface area contributed by atoms with Crippen LogP contribution in [0.2, 0.25) is 0 Å². The Morgan fingerprint density at radius 1 is 1.10 bits per heavy atom. The SMILES string of the molecule is CN(C)c1ccnc(NC2CCC(NC(=O)CCCOc3ccccc3)CC2)n1. The van der Waals surface area contributed by atoms with Crippen LogP contribution in [0.15, 0.2) is 42.6 Å². The predicted octanol–water partition coefficient (Wildman–Crippen LogP) is 3.24. The Hall–Kier alpha value is -2.83. The van der Waals surface area contributed by atoms with Gasteiger partial charge in [0.25, 0.3) is 0 Å². The molecule has 1 heterocycles. The average molecular weight is 398 g/mol. The van der Waals surface area contributed by atoms with Crippen LogP contribution in [0.3, 0.4) is 0 Å². The molecule has 2 aromatic rings. The maximum absolute atomic E-state index is 12.2. The van der Waals surface area contributed by atoms with Crippen LogP contribution in [-0.2, 0) is 4.79 Å². The molecule has 0 spiro atoms. The van der Waals surface area contributed by atoms with Crippen molar-refractivity contribution in [3.05, 3.63) is 42.6 Å². The zero-order valence-corrected chi connectivity index (χ0v) is 17.3. The Labute approximate surface area is 172 Å². The number of hydrogen-bond donors (Lipinski definition) is 2. The van der Waals surface area contributed by atoms with Crippen molar-refractivity contribution in [3.63, 3.8) is 0 Å². The second kappa shape index (κ2) is 10.6. The van der Waals surface area contributed by atoms with Gasteiger partial charge in [-0.05, 0) is 50.3 Å². The van der Waals surface area contributed by atoms with Gasteiger partial charge in [0.05, 0.1) is 6.61 Å². The van der Waals surface area contributed by atoms with E-state index in [0.717, 1.165) is 43.7 Å². The second-order valence-electron chi connectivity index (χ2n) is 7.66. The Morgan fingerprint density at radius 3 is 2.55 bits per heavy atom. The fourth-order valence-electron chi connectivity index (χ4n) is 3.47. The lowest BCUT2D eigenvalue weighted by molar-refractivity contribution is -0.122. The maximum Gasteiger partial charge on any atom is 0.224 e. The van der Waals surface area contributed by atoms with Gasteiger partial charge in [0, 0.05) is 38.8 Å². The van der Waals surface area contributed by atoms with Gasteiger partial charge in [0.15, 0.2) is 0 Å². The normalized spacial score (nSPS) is 18.7. The summed E-state index contributed by atoms with van der Waals surface area (Å²) in [6, 6.07) is 12.2. The van der Waals surface area contributed by atoms with Crippen LogP contribution in [-0.4, -0.2) is 48.7 Å². The summed E-state index contributed by atoms with van der Waals surface area (Å²) >= 11 is 0. The van der Waals surface area contributed by atoms with Crippen molar-refractivity contribution < 1.29 is 9.53 Å². The van der Waals surface area contributed by atoms with Gasteiger partial charge in [-0.3, -0.25) is 4.79 Å². The van der Waals surface area contributed by atoms with Gasteiger partial charge in [-0.15, -0.1) is 0 Å². The van der Waals surface area contributed by atoms with Crippen LogP contribution in [0.5, 0.6) is 5.75 Å². The Morgan fingerprint density at radius 2 is 1.83 bits per heavy atom. The fraction of sp³-hybridized carbons (Fsp3) is 0.500. The third kappa shape index (κ3) is 6.93. The molecule has 0 aliphatic heterocycles. The van der Waals surface area contributed by atoms with Crippen molar-refractivity contribution >= 4 is 17.7 Å². The van der Waals surface area contributed by atoms with Crippen LogP contribution in [0.4, 0.5) is 11.8 Å². The lowest BCUT2D eigenvalue weighted by Gasteiger charge is -2.29. The van der Waals surface area contributed by atoms with E-state index in [9.17, 15) is 4.79 Å². The van der Waals surface area contributed by atoms with Crippen LogP contribution in [0.25, 0.3) is 0 Å². The van der Waals surface area contributed by atoms with Crippen molar-refractivity contribution in [1.82, 2.24) is 15.3 Å². The van der Waals surface area contributed by atoms with Gasteiger partial charge in [0.1, 0.15) is 11.6 Å². The van der Waals surface area contributed by atoms with Gasteiger partial charge in [0.2, 0.25) is 11.9 Å². The zero-order valence-electron chi connectivity index (χ0n) is 17.3. The van der Waals surface area contributed by atoms with E-state index in [4.69, 9.17) is 4.74 Å². The van der Waals surface area contributed by atoms with E-state index in [2.05, 4.69) is 20.6 Å². The van der Waals surface area contributed by atoms with Crippen molar-refractivity contribution in [3.8, 4) is 5.75 Å². The Kier molecular flexibility index (Phi) is 7.67. The third-order valence-electron chi connectivity index (χ3n) is 5.08. The first-order valence-corrected chi connectivity index (χ1v) is 10.3. The molecule has 0 bridgehead atoms. The Bertz CT molecular complexity index is 761. The lowest BCUT2D eigenvalue weighted by atomic mass is 9.91. The van der Waals surface area contributed by atoms with Gasteiger partial charge >= 0.3 is 0 Å². The summed E-state index contributed by atoms with van der Waals surface area (Å²) < 4.78 is 5.64. The number of carbonyl (C=O) groups is 1. The number of anilines is 2. The highest BCUT2D eigenvalue weighted by molar-refractivity contribution is 5.76. The first kappa shape index (κ1) is 20.9. The van der Waals surface area contributed by atoms with Crippen molar-refractivity contribution in [1.29, 1.82) is 0 Å². The molecule has 1 saturated carbocycles. The molecule has 1 amide bonds. The molecule has 1 aliphatic carbocycles. The predicted molar refractivity (Wildman–Crippen MR) is 115 cm³/mol. The monoisotopic (exact) mass is 397 g/mol. The summed E-state index contributed by atoms with van der Waals surface area (Å²) in [4.78, 5) is 23.0. The molecule has 7 heteroatoms. The number of aromatic nitrogens is 2. The summed E-state index contributed by atoms with van der Waals surface area (Å²) in [6.07, 6.45) is 6.93. The minimum atomic E-state index is 0.111. The molecular weight excluding hydrogens is 366 g/mol. The molecule has 0 saturated heterocycles.